The summed E-state index contributed by atoms with van der Waals surface area (Å²) in [6.45, 7) is 7.72. The minimum atomic E-state index is -0.424. The van der Waals surface area contributed by atoms with Gasteiger partial charge in [0.05, 0.1) is 30.2 Å². The van der Waals surface area contributed by atoms with Gasteiger partial charge >= 0.3 is 17.1 Å². The number of aromatic nitrogens is 6. The predicted molar refractivity (Wildman–Crippen MR) is 291 cm³/mol. The van der Waals surface area contributed by atoms with Crippen LogP contribution in [-0.4, -0.2) is 111 Å². The van der Waals surface area contributed by atoms with Crippen molar-refractivity contribution in [2.45, 2.75) is 78.2 Å². The Hall–Kier alpha value is -6.60. The van der Waals surface area contributed by atoms with Gasteiger partial charge in [-0.25, -0.2) is 14.4 Å². The molecular weight excluding hydrogens is 1200 g/mol. The smallest absolute Gasteiger partial charge is 0.329 e. The van der Waals surface area contributed by atoms with E-state index in [1.165, 1.54) is 0 Å². The molecule has 0 unspecified atom stereocenters. The van der Waals surface area contributed by atoms with Gasteiger partial charge in [-0.2, -0.15) is 0 Å². The molecule has 3 aromatic carbocycles. The van der Waals surface area contributed by atoms with E-state index < -0.39 is 5.24 Å². The first kappa shape index (κ1) is 54.2. The minimum Gasteiger partial charge on any atom is -0.351 e. The fraction of sp³-hybridized carbons (Fsp3) is 0.353. The summed E-state index contributed by atoms with van der Waals surface area (Å²) in [5.41, 5.74) is 4.78. The van der Waals surface area contributed by atoms with Crippen LogP contribution in [0.4, 0.5) is 0 Å². The summed E-state index contributed by atoms with van der Waals surface area (Å²) in [4.78, 5) is 113. The molecule has 0 atom stereocenters. The Bertz CT molecular complexity index is 3280. The largest absolute Gasteiger partial charge is 0.351 e. The lowest BCUT2D eigenvalue weighted by atomic mass is 10.1. The van der Waals surface area contributed by atoms with Crippen molar-refractivity contribution >= 4 is 94.2 Å². The molecule has 6 aliphatic heterocycles. The molecule has 0 spiro atoms. The van der Waals surface area contributed by atoms with E-state index in [-0.39, 0.29) is 59.7 Å². The molecular formula is C51H52Br3ClN12O9. The SMILES string of the molecule is O=C(Cl)c1ccc(Br)cc1.O=C1NCCCn2c1c1n(c2=O)CCN(C(=O)c2ccc(Br)cc2)C1.O=C1NCCCn2c1c1n(c2=O)CCN(C(=O)c2ccc(Br)cc2)C1.O=C1NCCCn2c1c1n(c2=O)CCNC1. The molecule has 0 saturated carbocycles. The van der Waals surface area contributed by atoms with E-state index in [0.29, 0.717) is 124 Å². The normalized spacial score (nSPS) is 16.3. The second-order valence-electron chi connectivity index (χ2n) is 18.4. The zero-order valence-corrected chi connectivity index (χ0v) is 46.4. The Kier molecular flexibility index (Phi) is 16.9. The van der Waals surface area contributed by atoms with Gasteiger partial charge in [-0.1, -0.05) is 47.8 Å². The van der Waals surface area contributed by atoms with Crippen LogP contribution in [0.5, 0.6) is 0 Å². The number of carbonyl (C=O) groups is 6. The molecule has 398 valence electrons. The molecule has 0 bridgehead atoms. The van der Waals surface area contributed by atoms with Gasteiger partial charge in [0.1, 0.15) is 17.1 Å². The molecule has 0 radical (unpaired) electrons. The summed E-state index contributed by atoms with van der Waals surface area (Å²) in [6.07, 6.45) is 2.27. The molecule has 21 nitrogen and oxygen atoms in total. The van der Waals surface area contributed by atoms with Crippen LogP contribution in [0.1, 0.15) is 98.9 Å². The van der Waals surface area contributed by atoms with E-state index >= 15 is 0 Å². The molecule has 4 N–H and O–H groups in total. The van der Waals surface area contributed by atoms with E-state index in [4.69, 9.17) is 11.6 Å². The molecule has 0 saturated heterocycles. The highest BCUT2D eigenvalue weighted by molar-refractivity contribution is 9.11. The summed E-state index contributed by atoms with van der Waals surface area (Å²) in [5.74, 6) is -0.782. The molecule has 76 heavy (non-hydrogen) atoms. The third-order valence-electron chi connectivity index (χ3n) is 13.7. The number of nitrogens with one attached hydrogen (secondary N) is 4. The van der Waals surface area contributed by atoms with E-state index in [0.717, 1.165) is 44.9 Å². The number of hydrogen-bond donors (Lipinski definition) is 4. The summed E-state index contributed by atoms with van der Waals surface area (Å²) in [6, 6.07) is 21.2. The Morgan fingerprint density at radius 2 is 0.750 bits per heavy atom. The highest BCUT2D eigenvalue weighted by atomic mass is 79.9. The lowest BCUT2D eigenvalue weighted by Crippen LogP contribution is -2.41. The number of nitrogens with zero attached hydrogens (tertiary/aromatic N) is 8. The van der Waals surface area contributed by atoms with E-state index in [1.54, 1.807) is 85.7 Å². The third-order valence-corrected chi connectivity index (χ3v) is 15.5. The second-order valence-corrected chi connectivity index (χ2v) is 21.5. The maximum atomic E-state index is 12.8. The Morgan fingerprint density at radius 3 is 1.12 bits per heavy atom. The summed E-state index contributed by atoms with van der Waals surface area (Å²) in [5, 5.41) is 11.2. The number of rotatable bonds is 3. The topological polar surface area (TPSA) is 238 Å². The second kappa shape index (κ2) is 23.7. The van der Waals surface area contributed by atoms with E-state index in [1.807, 2.05) is 24.3 Å². The highest BCUT2D eigenvalue weighted by Crippen LogP contribution is 2.23. The van der Waals surface area contributed by atoms with Crippen LogP contribution in [0, 0.1) is 0 Å². The average Bonchev–Trinajstić information content (AvgIpc) is 3.73. The van der Waals surface area contributed by atoms with Gasteiger partial charge in [-0.15, -0.1) is 0 Å². The van der Waals surface area contributed by atoms with Gasteiger partial charge in [0, 0.05) is 115 Å². The van der Waals surface area contributed by atoms with Crippen molar-refractivity contribution in [3.8, 4) is 0 Å². The fourth-order valence-electron chi connectivity index (χ4n) is 9.90. The molecule has 0 fully saturated rings. The third kappa shape index (κ3) is 11.4. The molecule has 6 aromatic rings. The summed E-state index contributed by atoms with van der Waals surface area (Å²) in [7, 11) is 0. The van der Waals surface area contributed by atoms with Crippen LogP contribution < -0.4 is 38.3 Å². The number of imidazole rings is 3. The van der Waals surface area contributed by atoms with Gasteiger partial charge < -0.3 is 31.1 Å². The van der Waals surface area contributed by atoms with Crippen LogP contribution in [0.25, 0.3) is 0 Å². The lowest BCUT2D eigenvalue weighted by molar-refractivity contribution is 0.0701. The van der Waals surface area contributed by atoms with Crippen LogP contribution in [-0.2, 0) is 58.9 Å². The summed E-state index contributed by atoms with van der Waals surface area (Å²) < 4.78 is 12.4. The van der Waals surface area contributed by atoms with Crippen LogP contribution >= 0.6 is 59.4 Å². The first-order valence-corrected chi connectivity index (χ1v) is 27.4. The van der Waals surface area contributed by atoms with Crippen molar-refractivity contribution in [1.82, 2.24) is 58.5 Å². The van der Waals surface area contributed by atoms with Gasteiger partial charge in [-0.05, 0) is 104 Å². The first-order valence-electron chi connectivity index (χ1n) is 24.7. The molecule has 9 heterocycles. The fourth-order valence-corrected chi connectivity index (χ4v) is 10.8. The van der Waals surface area contributed by atoms with Gasteiger partial charge in [0.25, 0.3) is 34.8 Å². The predicted octanol–water partition coefficient (Wildman–Crippen LogP) is 4.12. The van der Waals surface area contributed by atoms with Crippen molar-refractivity contribution in [2.75, 3.05) is 39.3 Å². The van der Waals surface area contributed by atoms with E-state index in [2.05, 4.69) is 69.1 Å². The first-order chi connectivity index (χ1) is 36.6. The maximum absolute atomic E-state index is 12.8. The van der Waals surface area contributed by atoms with Crippen molar-refractivity contribution in [2.24, 2.45) is 0 Å². The standard InChI is InChI=1S/2C17H17BrN4O3.C10H14N4O2.C7H4BrClO/c2*18-12-4-2-11(3-5-12)16(24)20-8-9-21-13(10-20)14-15(23)19-6-1-7-22(14)17(21)25;15-9-8-7-6-11-3-5-13(7)10(16)14(8)4-1-2-12-9;8-6-3-1-5(2-4-6)7(9)10/h2*2-5H,1,6-10H2,(H,19,23);11H,1-6H2,(H,12,15);1-4H. The molecule has 0 aliphatic carbocycles. The zero-order chi connectivity index (χ0) is 53.8. The number of amides is 5. The molecule has 12 rings (SSSR count). The van der Waals surface area contributed by atoms with Crippen LogP contribution in [0.2, 0.25) is 0 Å². The van der Waals surface area contributed by atoms with E-state index in [9.17, 15) is 43.2 Å². The van der Waals surface area contributed by atoms with Gasteiger partial charge in [0.2, 0.25) is 0 Å². The van der Waals surface area contributed by atoms with Gasteiger partial charge in [0.15, 0.2) is 0 Å². The molecule has 6 aliphatic rings. The number of fused-ring (bicyclic) bond motifs is 9. The van der Waals surface area contributed by atoms with Crippen LogP contribution in [0.15, 0.2) is 101 Å². The molecule has 3 aromatic heterocycles. The minimum absolute atomic E-state index is 0.0384. The van der Waals surface area contributed by atoms with Crippen molar-refractivity contribution in [3.63, 3.8) is 0 Å². The monoisotopic (exact) mass is 1250 g/mol. The van der Waals surface area contributed by atoms with Crippen LogP contribution in [0.3, 0.4) is 0 Å². The Labute approximate surface area is 464 Å². The highest BCUT2D eigenvalue weighted by Gasteiger charge is 2.34. The zero-order valence-electron chi connectivity index (χ0n) is 40.9. The molecule has 25 heteroatoms. The number of carbonyl (C=O) groups excluding carboxylic acids is 6. The van der Waals surface area contributed by atoms with Crippen molar-refractivity contribution in [3.05, 3.63) is 169 Å². The van der Waals surface area contributed by atoms with Gasteiger partial charge in [-0.3, -0.25) is 56.2 Å². The Morgan fingerprint density at radius 1 is 0.408 bits per heavy atom. The number of benzene rings is 3. The number of halogens is 4. The summed E-state index contributed by atoms with van der Waals surface area (Å²) >= 11 is 15.2. The maximum Gasteiger partial charge on any atom is 0.329 e. The molecule has 5 amide bonds. The van der Waals surface area contributed by atoms with Crippen molar-refractivity contribution in [1.29, 1.82) is 0 Å². The number of hydrogen-bond acceptors (Lipinski definition) is 10. The Balaban J connectivity index is 0.000000130. The lowest BCUT2D eigenvalue weighted by Gasteiger charge is -2.28. The quantitative estimate of drug-likeness (QED) is 0.185. The average molecular weight is 1250 g/mol. The van der Waals surface area contributed by atoms with Crippen molar-refractivity contribution < 1.29 is 28.8 Å².